The summed E-state index contributed by atoms with van der Waals surface area (Å²) in [6.45, 7) is 6.13. The molecule has 3 rings (SSSR count). The summed E-state index contributed by atoms with van der Waals surface area (Å²) < 4.78 is 5.90. The van der Waals surface area contributed by atoms with Gasteiger partial charge >= 0.3 is 0 Å². The molecular formula is C19H23NO. The van der Waals surface area contributed by atoms with Crippen LogP contribution in [0.4, 0.5) is 0 Å². The van der Waals surface area contributed by atoms with Crippen LogP contribution >= 0.6 is 0 Å². The van der Waals surface area contributed by atoms with Crippen LogP contribution in [0.3, 0.4) is 0 Å². The van der Waals surface area contributed by atoms with Gasteiger partial charge in [0.05, 0.1) is 12.6 Å². The normalized spacial score (nSPS) is 14.6. The molecule has 0 aromatic heterocycles. The Labute approximate surface area is 127 Å². The lowest BCUT2D eigenvalue weighted by Crippen LogP contribution is -2.23. The molecule has 1 aliphatic heterocycles. The highest BCUT2D eigenvalue weighted by atomic mass is 16.5. The molecule has 2 aromatic rings. The standard InChI is InChI=1S/C19H23NO/c1-3-12-20-18(15-9-7-14(2)8-10-15)17-6-4-5-16-11-13-21-19(16)17/h4-10,18,20H,3,11-13H2,1-2H3. The molecule has 0 saturated carbocycles. The van der Waals surface area contributed by atoms with Gasteiger partial charge in [-0.2, -0.15) is 0 Å². The van der Waals surface area contributed by atoms with Crippen LogP contribution in [0.5, 0.6) is 5.75 Å². The van der Waals surface area contributed by atoms with E-state index in [9.17, 15) is 0 Å². The van der Waals surface area contributed by atoms with Crippen LogP contribution in [-0.2, 0) is 6.42 Å². The Morgan fingerprint density at radius 2 is 1.95 bits per heavy atom. The average molecular weight is 281 g/mol. The van der Waals surface area contributed by atoms with Gasteiger partial charge in [0.15, 0.2) is 0 Å². The van der Waals surface area contributed by atoms with Gasteiger partial charge in [0.25, 0.3) is 0 Å². The molecule has 1 N–H and O–H groups in total. The van der Waals surface area contributed by atoms with Crippen molar-refractivity contribution in [2.45, 2.75) is 32.7 Å². The number of benzene rings is 2. The highest BCUT2D eigenvalue weighted by Crippen LogP contribution is 2.36. The van der Waals surface area contributed by atoms with Gasteiger partial charge in [-0.1, -0.05) is 55.0 Å². The lowest BCUT2D eigenvalue weighted by atomic mass is 9.95. The van der Waals surface area contributed by atoms with Gasteiger partial charge in [-0.15, -0.1) is 0 Å². The van der Waals surface area contributed by atoms with E-state index in [0.29, 0.717) is 0 Å². The van der Waals surface area contributed by atoms with Crippen LogP contribution in [0.15, 0.2) is 42.5 Å². The predicted molar refractivity (Wildman–Crippen MR) is 87.0 cm³/mol. The van der Waals surface area contributed by atoms with E-state index in [1.165, 1.54) is 22.3 Å². The third kappa shape index (κ3) is 2.96. The molecule has 0 aliphatic carbocycles. The van der Waals surface area contributed by atoms with Gasteiger partial charge in [0, 0.05) is 12.0 Å². The van der Waals surface area contributed by atoms with Crippen molar-refractivity contribution in [1.29, 1.82) is 0 Å². The quantitative estimate of drug-likeness (QED) is 0.893. The van der Waals surface area contributed by atoms with Gasteiger partial charge in [0.2, 0.25) is 0 Å². The summed E-state index contributed by atoms with van der Waals surface area (Å²) in [5, 5.41) is 3.67. The lowest BCUT2D eigenvalue weighted by molar-refractivity contribution is 0.350. The zero-order chi connectivity index (χ0) is 14.7. The Morgan fingerprint density at radius 1 is 1.14 bits per heavy atom. The van der Waals surface area contributed by atoms with Crippen molar-refractivity contribution in [1.82, 2.24) is 5.32 Å². The highest BCUT2D eigenvalue weighted by Gasteiger charge is 2.22. The van der Waals surface area contributed by atoms with Gasteiger partial charge < -0.3 is 10.1 Å². The molecule has 1 unspecified atom stereocenters. The number of hydrogen-bond acceptors (Lipinski definition) is 2. The largest absolute Gasteiger partial charge is 0.493 e. The van der Waals surface area contributed by atoms with Crippen molar-refractivity contribution in [2.75, 3.05) is 13.2 Å². The second kappa shape index (κ2) is 6.31. The van der Waals surface area contributed by atoms with E-state index in [2.05, 4.69) is 61.6 Å². The van der Waals surface area contributed by atoms with Crippen LogP contribution < -0.4 is 10.1 Å². The highest BCUT2D eigenvalue weighted by molar-refractivity contribution is 5.48. The van der Waals surface area contributed by atoms with Crippen molar-refractivity contribution in [3.63, 3.8) is 0 Å². The lowest BCUT2D eigenvalue weighted by Gasteiger charge is -2.22. The topological polar surface area (TPSA) is 21.3 Å². The Kier molecular flexibility index (Phi) is 4.26. The minimum atomic E-state index is 0.207. The van der Waals surface area contributed by atoms with Gasteiger partial charge in [-0.3, -0.25) is 0 Å². The summed E-state index contributed by atoms with van der Waals surface area (Å²) in [4.78, 5) is 0. The van der Waals surface area contributed by atoms with Crippen molar-refractivity contribution >= 4 is 0 Å². The molecule has 0 amide bonds. The maximum Gasteiger partial charge on any atom is 0.127 e. The smallest absolute Gasteiger partial charge is 0.127 e. The Balaban J connectivity index is 1.99. The van der Waals surface area contributed by atoms with E-state index in [4.69, 9.17) is 4.74 Å². The van der Waals surface area contributed by atoms with Crippen LogP contribution in [-0.4, -0.2) is 13.2 Å². The Morgan fingerprint density at radius 3 is 2.71 bits per heavy atom. The molecule has 2 nitrogen and oxygen atoms in total. The van der Waals surface area contributed by atoms with Crippen LogP contribution in [0.25, 0.3) is 0 Å². The number of ether oxygens (including phenoxy) is 1. The van der Waals surface area contributed by atoms with E-state index < -0.39 is 0 Å². The third-order valence-electron chi connectivity index (χ3n) is 4.06. The minimum absolute atomic E-state index is 0.207. The van der Waals surface area contributed by atoms with E-state index in [-0.39, 0.29) is 6.04 Å². The molecule has 110 valence electrons. The number of para-hydroxylation sites is 1. The SMILES string of the molecule is CCCNC(c1ccc(C)cc1)c1cccc2c1OCC2. The first-order valence-corrected chi connectivity index (χ1v) is 7.84. The fourth-order valence-electron chi connectivity index (χ4n) is 2.92. The zero-order valence-corrected chi connectivity index (χ0v) is 12.9. The van der Waals surface area contributed by atoms with Crippen LogP contribution in [0.2, 0.25) is 0 Å². The maximum absolute atomic E-state index is 5.90. The molecule has 1 aliphatic rings. The number of aryl methyl sites for hydroxylation is 1. The predicted octanol–water partition coefficient (Wildman–Crippen LogP) is 4.02. The molecule has 2 heteroatoms. The van der Waals surface area contributed by atoms with E-state index in [1.54, 1.807) is 0 Å². The monoisotopic (exact) mass is 281 g/mol. The summed E-state index contributed by atoms with van der Waals surface area (Å²) in [6.07, 6.45) is 2.15. The number of hydrogen-bond donors (Lipinski definition) is 1. The third-order valence-corrected chi connectivity index (χ3v) is 4.06. The van der Waals surface area contributed by atoms with Crippen molar-refractivity contribution in [3.05, 3.63) is 64.7 Å². The summed E-state index contributed by atoms with van der Waals surface area (Å²) in [6, 6.07) is 15.5. The van der Waals surface area contributed by atoms with Crippen molar-refractivity contribution in [3.8, 4) is 5.75 Å². The van der Waals surface area contributed by atoms with E-state index >= 15 is 0 Å². The Hall–Kier alpha value is -1.80. The maximum atomic E-state index is 5.90. The molecule has 1 heterocycles. The molecule has 0 fully saturated rings. The molecule has 1 atom stereocenters. The minimum Gasteiger partial charge on any atom is -0.493 e. The number of rotatable bonds is 5. The molecule has 0 radical (unpaired) electrons. The molecule has 0 bridgehead atoms. The molecule has 21 heavy (non-hydrogen) atoms. The fourth-order valence-corrected chi connectivity index (χ4v) is 2.92. The van der Waals surface area contributed by atoms with Crippen molar-refractivity contribution < 1.29 is 4.74 Å². The van der Waals surface area contributed by atoms with Gasteiger partial charge in [-0.05, 0) is 31.0 Å². The van der Waals surface area contributed by atoms with Gasteiger partial charge in [0.1, 0.15) is 5.75 Å². The first kappa shape index (κ1) is 14.2. The summed E-state index contributed by atoms with van der Waals surface area (Å²) in [5.41, 5.74) is 5.20. The summed E-state index contributed by atoms with van der Waals surface area (Å²) >= 11 is 0. The first-order valence-electron chi connectivity index (χ1n) is 7.84. The van der Waals surface area contributed by atoms with E-state index in [1.807, 2.05) is 0 Å². The average Bonchev–Trinajstić information content (AvgIpc) is 2.98. The summed E-state index contributed by atoms with van der Waals surface area (Å²) in [7, 11) is 0. The molecule has 0 saturated heterocycles. The van der Waals surface area contributed by atoms with E-state index in [0.717, 1.165) is 31.7 Å². The van der Waals surface area contributed by atoms with Gasteiger partial charge in [-0.25, -0.2) is 0 Å². The first-order chi connectivity index (χ1) is 10.3. The van der Waals surface area contributed by atoms with Crippen molar-refractivity contribution in [2.24, 2.45) is 0 Å². The number of nitrogens with one attached hydrogen (secondary N) is 1. The Bertz CT molecular complexity index is 603. The van der Waals surface area contributed by atoms with Crippen LogP contribution in [0, 0.1) is 6.92 Å². The van der Waals surface area contributed by atoms with Crippen LogP contribution in [0.1, 0.15) is 41.6 Å². The second-order valence-electron chi connectivity index (χ2n) is 5.73. The molecular weight excluding hydrogens is 258 g/mol. The molecule has 2 aromatic carbocycles. The summed E-state index contributed by atoms with van der Waals surface area (Å²) in [5.74, 6) is 1.09. The fraction of sp³-hybridized carbons (Fsp3) is 0.368. The zero-order valence-electron chi connectivity index (χ0n) is 12.9. The number of fused-ring (bicyclic) bond motifs is 1. The molecule has 0 spiro atoms. The second-order valence-corrected chi connectivity index (χ2v) is 5.73.